The van der Waals surface area contributed by atoms with Gasteiger partial charge in [0, 0.05) is 13.1 Å². The van der Waals surface area contributed by atoms with Crippen LogP contribution in [-0.4, -0.2) is 30.8 Å². The van der Waals surface area contributed by atoms with Gasteiger partial charge in [-0.15, -0.1) is 11.3 Å². The number of nitrogens with two attached hydrogens (primary N) is 1. The third-order valence-electron chi connectivity index (χ3n) is 3.72. The number of hydrogen-bond donors (Lipinski definition) is 1. The lowest BCUT2D eigenvalue weighted by atomic mass is 9.85. The van der Waals surface area contributed by atoms with E-state index < -0.39 is 10.0 Å². The minimum Gasteiger partial charge on any atom is -0.389 e. The largest absolute Gasteiger partial charge is 0.389 e. The van der Waals surface area contributed by atoms with Crippen LogP contribution in [0.5, 0.6) is 0 Å². The number of sulfonamides is 1. The third kappa shape index (κ3) is 3.39. The van der Waals surface area contributed by atoms with Crippen LogP contribution in [0.15, 0.2) is 16.3 Å². The highest BCUT2D eigenvalue weighted by Crippen LogP contribution is 2.33. The number of rotatable bonds is 3. The summed E-state index contributed by atoms with van der Waals surface area (Å²) in [5, 5.41) is 0. The molecule has 112 valence electrons. The molecule has 1 aromatic heterocycles. The molecule has 0 amide bonds. The van der Waals surface area contributed by atoms with E-state index in [9.17, 15) is 8.42 Å². The van der Waals surface area contributed by atoms with Gasteiger partial charge in [-0.1, -0.05) is 26.1 Å². The van der Waals surface area contributed by atoms with Gasteiger partial charge in [-0.3, -0.25) is 0 Å². The Hall–Kier alpha value is -0.500. The number of thiocarbonyl (C=S) groups is 1. The average molecular weight is 333 g/mol. The molecule has 0 aromatic carbocycles. The summed E-state index contributed by atoms with van der Waals surface area (Å²) in [4.78, 5) is 0.891. The summed E-state index contributed by atoms with van der Waals surface area (Å²) >= 11 is 6.04. The van der Waals surface area contributed by atoms with Gasteiger partial charge in [0.1, 0.15) is 9.20 Å². The molecule has 7 heteroatoms. The van der Waals surface area contributed by atoms with E-state index in [1.54, 1.807) is 16.4 Å². The topological polar surface area (TPSA) is 63.4 Å². The minimum atomic E-state index is -3.41. The summed E-state index contributed by atoms with van der Waals surface area (Å²) in [6.07, 6.45) is 2.85. The van der Waals surface area contributed by atoms with E-state index in [1.165, 1.54) is 0 Å². The van der Waals surface area contributed by atoms with Crippen LogP contribution in [0.2, 0.25) is 0 Å². The van der Waals surface area contributed by atoms with Crippen LogP contribution in [0.25, 0.3) is 0 Å². The lowest BCUT2D eigenvalue weighted by Gasteiger charge is -2.22. The zero-order valence-corrected chi connectivity index (χ0v) is 14.2. The van der Waals surface area contributed by atoms with Gasteiger partial charge in [-0.05, 0) is 36.8 Å². The fraction of sp³-hybridized carbons (Fsp3) is 0.615. The van der Waals surface area contributed by atoms with Crippen LogP contribution in [-0.2, 0) is 10.0 Å². The number of thiophene rings is 1. The highest BCUT2D eigenvalue weighted by Gasteiger charge is 2.31. The van der Waals surface area contributed by atoms with E-state index in [4.69, 9.17) is 18.0 Å². The first kappa shape index (κ1) is 15.9. The van der Waals surface area contributed by atoms with Gasteiger partial charge in [0.05, 0.1) is 4.88 Å². The molecule has 1 aliphatic heterocycles. The number of nitrogens with zero attached hydrogens (tertiary/aromatic N) is 1. The second-order valence-corrected chi connectivity index (χ2v) is 9.59. The van der Waals surface area contributed by atoms with Crippen molar-refractivity contribution in [1.82, 2.24) is 4.31 Å². The van der Waals surface area contributed by atoms with E-state index >= 15 is 0 Å². The van der Waals surface area contributed by atoms with Crippen molar-refractivity contribution in [3.05, 3.63) is 17.0 Å². The van der Waals surface area contributed by atoms with Crippen molar-refractivity contribution in [3.63, 3.8) is 0 Å². The predicted molar refractivity (Wildman–Crippen MR) is 86.6 cm³/mol. The molecular weight excluding hydrogens is 312 g/mol. The predicted octanol–water partition coefficient (Wildman–Crippen LogP) is 2.58. The van der Waals surface area contributed by atoms with Crippen LogP contribution in [0.3, 0.4) is 0 Å². The Balaban J connectivity index is 2.23. The van der Waals surface area contributed by atoms with Crippen LogP contribution in [0, 0.1) is 5.41 Å². The maximum absolute atomic E-state index is 12.6. The SMILES string of the molecule is CC1(C)CCCN(S(=O)(=O)c2ccc(C(N)=S)s2)CC1. The molecule has 2 N–H and O–H groups in total. The van der Waals surface area contributed by atoms with Gasteiger partial charge in [0.25, 0.3) is 10.0 Å². The first-order valence-corrected chi connectivity index (χ1v) is 9.29. The van der Waals surface area contributed by atoms with Crippen LogP contribution < -0.4 is 5.73 Å². The fourth-order valence-corrected chi connectivity index (χ4v) is 5.34. The summed E-state index contributed by atoms with van der Waals surface area (Å²) in [6.45, 7) is 5.56. The lowest BCUT2D eigenvalue weighted by molar-refractivity contribution is 0.315. The highest BCUT2D eigenvalue weighted by atomic mass is 32.2. The Morgan fingerprint density at radius 3 is 2.65 bits per heavy atom. The molecule has 20 heavy (non-hydrogen) atoms. The molecule has 2 heterocycles. The lowest BCUT2D eigenvalue weighted by Crippen LogP contribution is -2.32. The average Bonchev–Trinajstić information content (AvgIpc) is 2.76. The summed E-state index contributed by atoms with van der Waals surface area (Å²) in [5.74, 6) is 0. The van der Waals surface area contributed by atoms with E-state index in [0.29, 0.717) is 22.2 Å². The van der Waals surface area contributed by atoms with E-state index in [0.717, 1.165) is 30.6 Å². The van der Waals surface area contributed by atoms with Crippen LogP contribution in [0.4, 0.5) is 0 Å². The van der Waals surface area contributed by atoms with Crippen molar-refractivity contribution in [2.24, 2.45) is 11.1 Å². The minimum absolute atomic E-state index is 0.212. The first-order chi connectivity index (χ1) is 9.22. The molecule has 0 bridgehead atoms. The second kappa shape index (κ2) is 5.71. The zero-order chi connectivity index (χ0) is 15.0. The molecule has 0 unspecified atom stereocenters. The van der Waals surface area contributed by atoms with Crippen LogP contribution in [0.1, 0.15) is 38.0 Å². The van der Waals surface area contributed by atoms with E-state index in [2.05, 4.69) is 13.8 Å². The molecule has 4 nitrogen and oxygen atoms in total. The quantitative estimate of drug-likeness (QED) is 0.864. The summed E-state index contributed by atoms with van der Waals surface area (Å²) in [7, 11) is -3.41. The Kier molecular flexibility index (Phi) is 4.53. The summed E-state index contributed by atoms with van der Waals surface area (Å²) in [5.41, 5.74) is 5.75. The second-order valence-electron chi connectivity index (χ2n) is 5.90. The van der Waals surface area contributed by atoms with E-state index in [1.807, 2.05) is 0 Å². The molecule has 2 rings (SSSR count). The molecule has 0 radical (unpaired) electrons. The van der Waals surface area contributed by atoms with Gasteiger partial charge >= 0.3 is 0 Å². The molecule has 0 spiro atoms. The molecule has 1 fully saturated rings. The van der Waals surface area contributed by atoms with Crippen LogP contribution >= 0.6 is 23.6 Å². The third-order valence-corrected chi connectivity index (χ3v) is 7.55. The highest BCUT2D eigenvalue weighted by molar-refractivity contribution is 7.91. The van der Waals surface area contributed by atoms with E-state index in [-0.39, 0.29) is 10.4 Å². The van der Waals surface area contributed by atoms with Crippen molar-refractivity contribution in [3.8, 4) is 0 Å². The molecular formula is C13H20N2O2S3. The molecule has 0 saturated carbocycles. The van der Waals surface area contributed by atoms with Gasteiger partial charge < -0.3 is 5.73 Å². The summed E-state index contributed by atoms with van der Waals surface area (Å²) < 4.78 is 27.2. The molecule has 0 aliphatic carbocycles. The van der Waals surface area contributed by atoms with Gasteiger partial charge in [0.15, 0.2) is 0 Å². The van der Waals surface area contributed by atoms with Gasteiger partial charge in [0.2, 0.25) is 0 Å². The molecule has 0 atom stereocenters. The smallest absolute Gasteiger partial charge is 0.252 e. The van der Waals surface area contributed by atoms with Crippen molar-refractivity contribution < 1.29 is 8.42 Å². The maximum atomic E-state index is 12.6. The molecule has 1 aliphatic rings. The molecule has 1 aromatic rings. The van der Waals surface area contributed by atoms with Crippen molar-refractivity contribution in [2.45, 2.75) is 37.3 Å². The fourth-order valence-electron chi connectivity index (χ4n) is 2.36. The Morgan fingerprint density at radius 1 is 1.35 bits per heavy atom. The Morgan fingerprint density at radius 2 is 2.05 bits per heavy atom. The Labute approximate surface area is 130 Å². The zero-order valence-electron chi connectivity index (χ0n) is 11.8. The van der Waals surface area contributed by atoms with Crippen molar-refractivity contribution in [1.29, 1.82) is 0 Å². The Bertz CT molecular complexity index is 605. The van der Waals surface area contributed by atoms with Gasteiger partial charge in [-0.25, -0.2) is 8.42 Å². The monoisotopic (exact) mass is 332 g/mol. The first-order valence-electron chi connectivity index (χ1n) is 6.62. The number of hydrogen-bond acceptors (Lipinski definition) is 4. The summed E-state index contributed by atoms with van der Waals surface area (Å²) in [6, 6.07) is 3.28. The normalized spacial score (nSPS) is 20.5. The maximum Gasteiger partial charge on any atom is 0.252 e. The van der Waals surface area contributed by atoms with Gasteiger partial charge in [-0.2, -0.15) is 4.31 Å². The standard InChI is InChI=1S/C13H20N2O2S3/c1-13(2)6-3-8-15(9-7-13)20(16,17)11-5-4-10(19-11)12(14)18/h4-5H,3,6-9H2,1-2H3,(H2,14,18). The molecule has 1 saturated heterocycles. The van der Waals surface area contributed by atoms with Crippen molar-refractivity contribution >= 4 is 38.6 Å². The van der Waals surface area contributed by atoms with Crippen molar-refractivity contribution in [2.75, 3.05) is 13.1 Å².